The monoisotopic (exact) mass is 335 g/mol. The van der Waals surface area contributed by atoms with Crippen molar-refractivity contribution < 1.29 is 13.9 Å². The van der Waals surface area contributed by atoms with Crippen molar-refractivity contribution in [3.63, 3.8) is 0 Å². The number of piperidine rings is 1. The summed E-state index contributed by atoms with van der Waals surface area (Å²) in [5, 5.41) is 2.82. The molecule has 0 aliphatic carbocycles. The van der Waals surface area contributed by atoms with Gasteiger partial charge in [-0.2, -0.15) is 0 Å². The Morgan fingerprint density at radius 2 is 1.96 bits per heavy atom. The van der Waals surface area contributed by atoms with Crippen molar-refractivity contribution in [1.29, 1.82) is 0 Å². The number of likely N-dealkylation sites (tertiary alicyclic amines) is 1. The zero-order valence-electron chi connectivity index (χ0n) is 14.0. The number of hydrogen-bond donors (Lipinski definition) is 1. The lowest BCUT2D eigenvalue weighted by Gasteiger charge is -2.40. The van der Waals surface area contributed by atoms with E-state index < -0.39 is 0 Å². The number of nitrogens with zero attached hydrogens (tertiary/aromatic N) is 2. The van der Waals surface area contributed by atoms with Gasteiger partial charge in [-0.15, -0.1) is 0 Å². The number of hydrogen-bond acceptors (Lipinski definition) is 4. The van der Waals surface area contributed by atoms with Crippen LogP contribution in [0.1, 0.15) is 19.3 Å². The van der Waals surface area contributed by atoms with Crippen molar-refractivity contribution in [2.75, 3.05) is 51.3 Å². The Kier molecular flexibility index (Phi) is 6.18. The maximum Gasteiger partial charge on any atom is 0.225 e. The van der Waals surface area contributed by atoms with Gasteiger partial charge in [0.1, 0.15) is 5.82 Å². The lowest BCUT2D eigenvalue weighted by molar-refractivity contribution is -0.116. The van der Waals surface area contributed by atoms with Crippen LogP contribution in [0.15, 0.2) is 24.3 Å². The molecule has 2 aliphatic heterocycles. The average Bonchev–Trinajstić information content (AvgIpc) is 2.63. The van der Waals surface area contributed by atoms with Crippen LogP contribution in [0.3, 0.4) is 0 Å². The quantitative estimate of drug-likeness (QED) is 0.893. The summed E-state index contributed by atoms with van der Waals surface area (Å²) in [6.45, 7) is 6.56. The second-order valence-electron chi connectivity index (χ2n) is 6.55. The lowest BCUT2D eigenvalue weighted by atomic mass is 10.0. The Morgan fingerprint density at radius 3 is 2.71 bits per heavy atom. The molecule has 2 heterocycles. The minimum Gasteiger partial charge on any atom is -0.379 e. The third-order valence-corrected chi connectivity index (χ3v) is 4.83. The van der Waals surface area contributed by atoms with E-state index in [0.29, 0.717) is 18.2 Å². The minimum absolute atomic E-state index is 0.0184. The molecule has 1 N–H and O–H groups in total. The molecule has 1 aromatic rings. The second-order valence-corrected chi connectivity index (χ2v) is 6.55. The molecule has 1 atom stereocenters. The molecule has 0 radical (unpaired) electrons. The molecule has 132 valence electrons. The molecule has 2 aliphatic rings. The Bertz CT molecular complexity index is 532. The fourth-order valence-corrected chi connectivity index (χ4v) is 3.49. The van der Waals surface area contributed by atoms with Crippen LogP contribution in [-0.4, -0.2) is 67.7 Å². The van der Waals surface area contributed by atoms with Gasteiger partial charge in [0.05, 0.1) is 13.2 Å². The number of amides is 1. The van der Waals surface area contributed by atoms with E-state index in [1.54, 1.807) is 12.1 Å². The van der Waals surface area contributed by atoms with Gasteiger partial charge in [0.25, 0.3) is 0 Å². The van der Waals surface area contributed by atoms with E-state index >= 15 is 0 Å². The van der Waals surface area contributed by atoms with Crippen molar-refractivity contribution in [3.05, 3.63) is 30.1 Å². The second kappa shape index (κ2) is 8.55. The first-order valence-corrected chi connectivity index (χ1v) is 8.80. The predicted octanol–water partition coefficient (Wildman–Crippen LogP) is 1.95. The van der Waals surface area contributed by atoms with Crippen LogP contribution in [0.25, 0.3) is 0 Å². The maximum atomic E-state index is 12.9. The van der Waals surface area contributed by atoms with Crippen molar-refractivity contribution in [2.24, 2.45) is 0 Å². The van der Waals surface area contributed by atoms with Gasteiger partial charge in [-0.05, 0) is 43.7 Å². The number of nitrogens with one attached hydrogen (secondary N) is 1. The van der Waals surface area contributed by atoms with Crippen molar-refractivity contribution in [1.82, 2.24) is 9.80 Å². The van der Waals surface area contributed by atoms with E-state index in [4.69, 9.17) is 4.74 Å². The van der Waals surface area contributed by atoms with E-state index in [2.05, 4.69) is 15.1 Å². The zero-order chi connectivity index (χ0) is 16.8. The van der Waals surface area contributed by atoms with E-state index in [0.717, 1.165) is 45.9 Å². The molecule has 0 bridgehead atoms. The fourth-order valence-electron chi connectivity index (χ4n) is 3.49. The Balaban J connectivity index is 1.42. The average molecular weight is 335 g/mol. The smallest absolute Gasteiger partial charge is 0.225 e. The van der Waals surface area contributed by atoms with Crippen LogP contribution in [-0.2, 0) is 9.53 Å². The molecule has 1 unspecified atom stereocenters. The molecule has 24 heavy (non-hydrogen) atoms. The van der Waals surface area contributed by atoms with Gasteiger partial charge in [0.2, 0.25) is 5.91 Å². The van der Waals surface area contributed by atoms with E-state index in [9.17, 15) is 9.18 Å². The predicted molar refractivity (Wildman–Crippen MR) is 91.5 cm³/mol. The normalized spacial score (nSPS) is 23.1. The number of ether oxygens (including phenoxy) is 1. The fraction of sp³-hybridized carbons (Fsp3) is 0.611. The highest BCUT2D eigenvalue weighted by molar-refractivity contribution is 5.90. The molecule has 2 saturated heterocycles. The molecule has 0 aromatic heterocycles. The first-order chi connectivity index (χ1) is 11.7. The Hall–Kier alpha value is -1.50. The lowest BCUT2D eigenvalue weighted by Crippen LogP contribution is -2.51. The third-order valence-electron chi connectivity index (χ3n) is 4.83. The van der Waals surface area contributed by atoms with Gasteiger partial charge in [-0.3, -0.25) is 9.69 Å². The molecule has 5 nitrogen and oxygen atoms in total. The van der Waals surface area contributed by atoms with Crippen LogP contribution in [0.4, 0.5) is 10.1 Å². The number of carbonyl (C=O) groups is 1. The van der Waals surface area contributed by atoms with Crippen LogP contribution >= 0.6 is 0 Å². The summed E-state index contributed by atoms with van der Waals surface area (Å²) in [5.41, 5.74) is 0.645. The van der Waals surface area contributed by atoms with Crippen LogP contribution in [0, 0.1) is 5.82 Å². The maximum absolute atomic E-state index is 12.9. The largest absolute Gasteiger partial charge is 0.379 e. The highest BCUT2D eigenvalue weighted by Crippen LogP contribution is 2.17. The third kappa shape index (κ3) is 5.00. The number of morpholine rings is 1. The first kappa shape index (κ1) is 17.3. The summed E-state index contributed by atoms with van der Waals surface area (Å²) in [7, 11) is 0. The molecular weight excluding hydrogens is 309 g/mol. The number of benzene rings is 1. The molecule has 6 heteroatoms. The molecule has 1 aromatic carbocycles. The van der Waals surface area contributed by atoms with Gasteiger partial charge in [0.15, 0.2) is 0 Å². The first-order valence-electron chi connectivity index (χ1n) is 8.80. The number of rotatable bonds is 5. The van der Waals surface area contributed by atoms with E-state index in [-0.39, 0.29) is 11.7 Å². The minimum atomic E-state index is -0.296. The molecular formula is C18H26FN3O2. The summed E-state index contributed by atoms with van der Waals surface area (Å²) in [6, 6.07) is 6.47. The van der Waals surface area contributed by atoms with E-state index in [1.165, 1.54) is 25.0 Å². The van der Waals surface area contributed by atoms with Crippen LogP contribution in [0.2, 0.25) is 0 Å². The van der Waals surface area contributed by atoms with Crippen LogP contribution in [0.5, 0.6) is 0 Å². The molecule has 1 amide bonds. The van der Waals surface area contributed by atoms with Crippen LogP contribution < -0.4 is 5.32 Å². The van der Waals surface area contributed by atoms with Crippen molar-refractivity contribution in [3.8, 4) is 0 Å². The number of halogens is 1. The van der Waals surface area contributed by atoms with Gasteiger partial charge in [0, 0.05) is 44.3 Å². The molecule has 3 rings (SSSR count). The summed E-state index contributed by atoms with van der Waals surface area (Å²) in [6.07, 6.45) is 2.88. The summed E-state index contributed by atoms with van der Waals surface area (Å²) < 4.78 is 18.3. The SMILES string of the molecule is O=C(CCN1CCCC(N2CCOCC2)C1)Nc1ccc(F)cc1. The van der Waals surface area contributed by atoms with Gasteiger partial charge in [-0.1, -0.05) is 0 Å². The van der Waals surface area contributed by atoms with E-state index in [1.807, 2.05) is 0 Å². The molecule has 0 spiro atoms. The van der Waals surface area contributed by atoms with Gasteiger partial charge < -0.3 is 15.0 Å². The summed E-state index contributed by atoms with van der Waals surface area (Å²) in [4.78, 5) is 17.0. The summed E-state index contributed by atoms with van der Waals surface area (Å²) >= 11 is 0. The van der Waals surface area contributed by atoms with Gasteiger partial charge in [-0.25, -0.2) is 4.39 Å². The Labute approximate surface area is 142 Å². The highest BCUT2D eigenvalue weighted by atomic mass is 19.1. The number of carbonyl (C=O) groups excluding carboxylic acids is 1. The zero-order valence-corrected chi connectivity index (χ0v) is 14.0. The van der Waals surface area contributed by atoms with Crippen molar-refractivity contribution >= 4 is 11.6 Å². The Morgan fingerprint density at radius 1 is 1.21 bits per heavy atom. The van der Waals surface area contributed by atoms with Gasteiger partial charge >= 0.3 is 0 Å². The summed E-state index contributed by atoms with van der Waals surface area (Å²) in [5.74, 6) is -0.314. The highest BCUT2D eigenvalue weighted by Gasteiger charge is 2.26. The number of anilines is 1. The standard InChI is InChI=1S/C18H26FN3O2/c19-15-3-5-16(6-4-15)20-18(23)7-9-21-8-1-2-17(14-21)22-10-12-24-13-11-22/h3-6,17H,1-2,7-14H2,(H,20,23). The molecule has 0 saturated carbocycles. The topological polar surface area (TPSA) is 44.8 Å². The van der Waals surface area contributed by atoms with Crippen molar-refractivity contribution in [2.45, 2.75) is 25.3 Å². The molecule has 2 fully saturated rings.